The molecule has 2 fully saturated rings. The summed E-state index contributed by atoms with van der Waals surface area (Å²) in [5.74, 6) is 1.99. The summed E-state index contributed by atoms with van der Waals surface area (Å²) in [6, 6.07) is 14.9. The van der Waals surface area contributed by atoms with Crippen LogP contribution in [-0.2, 0) is 20.8 Å². The third-order valence-corrected chi connectivity index (χ3v) is 7.89. The summed E-state index contributed by atoms with van der Waals surface area (Å²) in [6.45, 7) is 5.54. The standard InChI is InChI=1S/C30H42N2O5/c1-33-16-5-14-32-15-17-35-27-13-8-22(18-26(27)32)21-36-28-19-31-20-29(37-25-6-3-4-7-25)30(28)23-9-11-24(34-2)12-10-23/h8-13,18,25,28-31H,3-7,14-17,19-21H2,1-2H3/t28-,29+,30+/m0/s1. The zero-order valence-corrected chi connectivity index (χ0v) is 22.3. The van der Waals surface area contributed by atoms with E-state index in [0.29, 0.717) is 12.7 Å². The van der Waals surface area contributed by atoms with Crippen LogP contribution in [-0.4, -0.2) is 71.9 Å². The Kier molecular flexibility index (Phi) is 9.21. The van der Waals surface area contributed by atoms with E-state index in [1.807, 2.05) is 12.1 Å². The van der Waals surface area contributed by atoms with Gasteiger partial charge < -0.3 is 33.9 Å². The molecule has 3 aliphatic rings. The first-order valence-electron chi connectivity index (χ1n) is 13.9. The molecule has 202 valence electrons. The first kappa shape index (κ1) is 26.3. The molecule has 2 heterocycles. The quantitative estimate of drug-likeness (QED) is 0.446. The van der Waals surface area contributed by atoms with Crippen molar-refractivity contribution in [3.63, 3.8) is 0 Å². The lowest BCUT2D eigenvalue weighted by Crippen LogP contribution is -2.51. The Labute approximate surface area is 221 Å². The average Bonchev–Trinajstić information content (AvgIpc) is 3.45. The molecule has 5 rings (SSSR count). The van der Waals surface area contributed by atoms with Crippen LogP contribution in [0.15, 0.2) is 42.5 Å². The van der Waals surface area contributed by atoms with Gasteiger partial charge in [-0.05, 0) is 54.7 Å². The van der Waals surface area contributed by atoms with E-state index in [0.717, 1.165) is 81.4 Å². The van der Waals surface area contributed by atoms with Crippen LogP contribution in [0.3, 0.4) is 0 Å². The fourth-order valence-electron chi connectivity index (χ4n) is 5.93. The summed E-state index contributed by atoms with van der Waals surface area (Å²) in [6.07, 6.45) is 6.31. The number of piperidine rings is 1. The average molecular weight is 511 g/mol. The lowest BCUT2D eigenvalue weighted by Gasteiger charge is -2.40. The van der Waals surface area contributed by atoms with Gasteiger partial charge in [0.25, 0.3) is 0 Å². The van der Waals surface area contributed by atoms with Gasteiger partial charge in [0.15, 0.2) is 0 Å². The van der Waals surface area contributed by atoms with Crippen molar-refractivity contribution in [2.75, 3.05) is 58.5 Å². The van der Waals surface area contributed by atoms with E-state index in [9.17, 15) is 0 Å². The van der Waals surface area contributed by atoms with Crippen molar-refractivity contribution < 1.29 is 23.7 Å². The first-order chi connectivity index (χ1) is 18.2. The van der Waals surface area contributed by atoms with E-state index in [2.05, 4.69) is 40.5 Å². The Morgan fingerprint density at radius 3 is 2.59 bits per heavy atom. The fraction of sp³-hybridized carbons (Fsp3) is 0.600. The Morgan fingerprint density at radius 1 is 1.00 bits per heavy atom. The van der Waals surface area contributed by atoms with Crippen LogP contribution in [0.5, 0.6) is 11.5 Å². The van der Waals surface area contributed by atoms with Crippen molar-refractivity contribution in [1.82, 2.24) is 5.32 Å². The maximum Gasteiger partial charge on any atom is 0.142 e. The van der Waals surface area contributed by atoms with Crippen LogP contribution in [0.25, 0.3) is 0 Å². The molecule has 1 saturated heterocycles. The zero-order valence-electron chi connectivity index (χ0n) is 22.3. The van der Waals surface area contributed by atoms with Gasteiger partial charge >= 0.3 is 0 Å². The Morgan fingerprint density at radius 2 is 1.81 bits per heavy atom. The maximum atomic E-state index is 6.69. The number of rotatable bonds is 11. The second kappa shape index (κ2) is 13.0. The summed E-state index contributed by atoms with van der Waals surface area (Å²) in [4.78, 5) is 2.40. The predicted molar refractivity (Wildman–Crippen MR) is 145 cm³/mol. The zero-order chi connectivity index (χ0) is 25.5. The number of nitrogens with zero attached hydrogens (tertiary/aromatic N) is 1. The second-order valence-corrected chi connectivity index (χ2v) is 10.4. The van der Waals surface area contributed by atoms with E-state index in [4.69, 9.17) is 23.7 Å². The van der Waals surface area contributed by atoms with Crippen LogP contribution in [0.4, 0.5) is 5.69 Å². The molecule has 2 aliphatic heterocycles. The largest absolute Gasteiger partial charge is 0.497 e. The van der Waals surface area contributed by atoms with Crippen LogP contribution >= 0.6 is 0 Å². The SMILES string of the molecule is COCCCN1CCOc2ccc(CO[C@H]3CNC[C@@H](OC4CCCC4)[C@@H]3c3ccc(OC)cc3)cc21. The number of fused-ring (bicyclic) bond motifs is 1. The van der Waals surface area contributed by atoms with Crippen LogP contribution in [0, 0.1) is 0 Å². The molecule has 7 nitrogen and oxygen atoms in total. The summed E-state index contributed by atoms with van der Waals surface area (Å²) >= 11 is 0. The smallest absolute Gasteiger partial charge is 0.142 e. The molecule has 2 aromatic rings. The van der Waals surface area contributed by atoms with E-state index < -0.39 is 0 Å². The normalized spacial score (nSPS) is 24.1. The molecule has 0 spiro atoms. The highest BCUT2D eigenvalue weighted by Gasteiger charge is 2.38. The number of benzene rings is 2. The summed E-state index contributed by atoms with van der Waals surface area (Å²) < 4.78 is 29.9. The molecule has 0 aromatic heterocycles. The van der Waals surface area contributed by atoms with Gasteiger partial charge in [0.05, 0.1) is 44.3 Å². The van der Waals surface area contributed by atoms with E-state index in [-0.39, 0.29) is 18.1 Å². The van der Waals surface area contributed by atoms with Gasteiger partial charge in [-0.2, -0.15) is 0 Å². The highest BCUT2D eigenvalue weighted by molar-refractivity contribution is 5.61. The first-order valence-corrected chi connectivity index (χ1v) is 13.9. The van der Waals surface area contributed by atoms with Crippen molar-refractivity contribution in [2.24, 2.45) is 0 Å². The minimum Gasteiger partial charge on any atom is -0.497 e. The third kappa shape index (κ3) is 6.58. The van der Waals surface area contributed by atoms with Crippen LogP contribution in [0.1, 0.15) is 49.1 Å². The molecule has 0 bridgehead atoms. The molecule has 1 N–H and O–H groups in total. The highest BCUT2D eigenvalue weighted by atomic mass is 16.5. The molecular formula is C30H42N2O5. The number of anilines is 1. The number of ether oxygens (including phenoxy) is 5. The van der Waals surface area contributed by atoms with Crippen molar-refractivity contribution in [1.29, 1.82) is 0 Å². The van der Waals surface area contributed by atoms with Crippen LogP contribution < -0.4 is 19.7 Å². The summed E-state index contributed by atoms with van der Waals surface area (Å²) in [5, 5.41) is 3.59. The number of methoxy groups -OCH3 is 2. The van der Waals surface area contributed by atoms with Gasteiger partial charge in [-0.1, -0.05) is 31.0 Å². The van der Waals surface area contributed by atoms with E-state index in [1.54, 1.807) is 14.2 Å². The number of hydrogen-bond acceptors (Lipinski definition) is 7. The minimum absolute atomic E-state index is 0.0126. The number of nitrogens with one attached hydrogen (secondary N) is 1. The molecule has 2 aromatic carbocycles. The fourth-order valence-corrected chi connectivity index (χ4v) is 5.93. The minimum atomic E-state index is 0.0126. The van der Waals surface area contributed by atoms with Crippen LogP contribution in [0.2, 0.25) is 0 Å². The summed E-state index contributed by atoms with van der Waals surface area (Å²) in [5.41, 5.74) is 3.56. The lowest BCUT2D eigenvalue weighted by atomic mass is 9.85. The molecule has 0 amide bonds. The molecule has 7 heteroatoms. The van der Waals surface area contributed by atoms with Crippen molar-refractivity contribution in [2.45, 2.75) is 62.9 Å². The van der Waals surface area contributed by atoms with Gasteiger partial charge in [-0.3, -0.25) is 0 Å². The molecule has 37 heavy (non-hydrogen) atoms. The second-order valence-electron chi connectivity index (χ2n) is 10.4. The summed E-state index contributed by atoms with van der Waals surface area (Å²) in [7, 11) is 3.46. The maximum absolute atomic E-state index is 6.69. The highest BCUT2D eigenvalue weighted by Crippen LogP contribution is 2.36. The van der Waals surface area contributed by atoms with Gasteiger partial charge in [0, 0.05) is 39.3 Å². The molecule has 1 aliphatic carbocycles. The van der Waals surface area contributed by atoms with Gasteiger partial charge in [-0.25, -0.2) is 0 Å². The third-order valence-electron chi connectivity index (χ3n) is 7.89. The molecule has 0 unspecified atom stereocenters. The molecule has 0 radical (unpaired) electrons. The Bertz CT molecular complexity index is 978. The van der Waals surface area contributed by atoms with Gasteiger partial charge in [0.1, 0.15) is 18.1 Å². The van der Waals surface area contributed by atoms with Gasteiger partial charge in [0.2, 0.25) is 0 Å². The monoisotopic (exact) mass is 510 g/mol. The van der Waals surface area contributed by atoms with Crippen molar-refractivity contribution in [3.8, 4) is 11.5 Å². The lowest BCUT2D eigenvalue weighted by molar-refractivity contribution is -0.0838. The molecule has 3 atom stereocenters. The Hall–Kier alpha value is -2.32. The molecular weight excluding hydrogens is 468 g/mol. The van der Waals surface area contributed by atoms with E-state index in [1.165, 1.54) is 18.4 Å². The van der Waals surface area contributed by atoms with Crippen molar-refractivity contribution in [3.05, 3.63) is 53.6 Å². The van der Waals surface area contributed by atoms with Crippen molar-refractivity contribution >= 4 is 5.69 Å². The number of hydrogen-bond donors (Lipinski definition) is 1. The van der Waals surface area contributed by atoms with E-state index >= 15 is 0 Å². The molecule has 1 saturated carbocycles. The topological polar surface area (TPSA) is 61.4 Å². The van der Waals surface area contributed by atoms with Gasteiger partial charge in [-0.15, -0.1) is 0 Å². The predicted octanol–water partition coefficient (Wildman–Crippen LogP) is 4.53. The Balaban J connectivity index is 1.30.